The number of aromatic hydroxyl groups is 1. The van der Waals surface area contributed by atoms with E-state index in [1.165, 1.54) is 0 Å². The van der Waals surface area contributed by atoms with Gasteiger partial charge < -0.3 is 6.53 Å². The molecule has 0 aromatic heterocycles. The first kappa shape index (κ1) is 9.10. The summed E-state index contributed by atoms with van der Waals surface area (Å²) in [6.07, 6.45) is 0. The summed E-state index contributed by atoms with van der Waals surface area (Å²) in [6.45, 7) is 0. The van der Waals surface area contributed by atoms with E-state index in [1.54, 1.807) is 18.2 Å². The minimum Gasteiger partial charge on any atom is -1.00 e. The molecule has 0 bridgehead atoms. The van der Waals surface area contributed by atoms with Gasteiger partial charge in [-0.2, -0.15) is 0 Å². The molecule has 1 N–H and O–H groups in total. The van der Waals surface area contributed by atoms with Crippen molar-refractivity contribution in [3.8, 4) is 5.75 Å². The molecule has 0 saturated carbocycles. The summed E-state index contributed by atoms with van der Waals surface area (Å²) in [5.41, 5.74) is 0. The van der Waals surface area contributed by atoms with Crippen LogP contribution in [-0.4, -0.2) is 5.11 Å². The Morgan fingerprint density at radius 1 is 1.33 bits per heavy atom. The van der Waals surface area contributed by atoms with Crippen LogP contribution in [0.25, 0.3) is 0 Å². The molecule has 1 nitrogen and oxygen atoms in total. The van der Waals surface area contributed by atoms with Gasteiger partial charge in [0.05, 0.1) is 4.47 Å². The van der Waals surface area contributed by atoms with Gasteiger partial charge in [0.2, 0.25) is 0 Å². The molecular weight excluding hydrogens is 175 g/mol. The SMILES string of the molecule is Oc1ccccc1Br.[H-].[Li+]. The van der Waals surface area contributed by atoms with Crippen molar-refractivity contribution in [3.05, 3.63) is 28.7 Å². The van der Waals surface area contributed by atoms with E-state index in [4.69, 9.17) is 5.11 Å². The zero-order chi connectivity index (χ0) is 5.98. The minimum atomic E-state index is 0. The summed E-state index contributed by atoms with van der Waals surface area (Å²) in [5, 5.41) is 8.87. The van der Waals surface area contributed by atoms with E-state index in [1.807, 2.05) is 6.07 Å². The molecule has 0 aliphatic rings. The third-order valence-corrected chi connectivity index (χ3v) is 1.52. The number of hydrogen-bond donors (Lipinski definition) is 1. The molecule has 0 saturated heterocycles. The standard InChI is InChI=1S/C6H5BrO.Li.H/c7-5-3-1-2-4-6(5)8;;/h1-4,8H;;/q;+1;-1. The molecule has 0 atom stereocenters. The van der Waals surface area contributed by atoms with E-state index in [0.717, 1.165) is 4.47 Å². The molecule has 3 heteroatoms. The second kappa shape index (κ2) is 4.00. The fourth-order valence-corrected chi connectivity index (χ4v) is 0.737. The number of benzene rings is 1. The quantitative estimate of drug-likeness (QED) is 0.523. The van der Waals surface area contributed by atoms with Crippen LogP contribution in [0.15, 0.2) is 28.7 Å². The average Bonchev–Trinajstić information content (AvgIpc) is 1.77. The van der Waals surface area contributed by atoms with Crippen LogP contribution in [0.3, 0.4) is 0 Å². The Balaban J connectivity index is 0. The van der Waals surface area contributed by atoms with Gasteiger partial charge in [0.25, 0.3) is 0 Å². The normalized spacial score (nSPS) is 8.11. The van der Waals surface area contributed by atoms with Crippen molar-refractivity contribution in [3.63, 3.8) is 0 Å². The summed E-state index contributed by atoms with van der Waals surface area (Å²) in [7, 11) is 0. The topological polar surface area (TPSA) is 20.2 Å². The molecule has 0 unspecified atom stereocenters. The Morgan fingerprint density at radius 2 is 1.89 bits per heavy atom. The Bertz CT molecular complexity index is 174. The van der Waals surface area contributed by atoms with Gasteiger partial charge in [0.15, 0.2) is 0 Å². The van der Waals surface area contributed by atoms with E-state index in [0.29, 0.717) is 0 Å². The average molecular weight is 181 g/mol. The number of phenols is 1. The molecule has 1 aromatic rings. The summed E-state index contributed by atoms with van der Waals surface area (Å²) in [5.74, 6) is 0.285. The minimum absolute atomic E-state index is 0. The van der Waals surface area contributed by atoms with Gasteiger partial charge >= 0.3 is 18.9 Å². The van der Waals surface area contributed by atoms with Crippen molar-refractivity contribution in [2.75, 3.05) is 0 Å². The van der Waals surface area contributed by atoms with Gasteiger partial charge in [-0.25, -0.2) is 0 Å². The van der Waals surface area contributed by atoms with E-state index in [2.05, 4.69) is 15.9 Å². The van der Waals surface area contributed by atoms with Crippen molar-refractivity contribution in [2.45, 2.75) is 0 Å². The smallest absolute Gasteiger partial charge is 1.00 e. The van der Waals surface area contributed by atoms with Gasteiger partial charge in [0.1, 0.15) is 5.75 Å². The number of para-hydroxylation sites is 1. The molecule has 0 radical (unpaired) electrons. The third kappa shape index (κ3) is 2.44. The zero-order valence-corrected chi connectivity index (χ0v) is 6.72. The molecule has 0 spiro atoms. The Kier molecular flexibility index (Phi) is 4.04. The molecule has 0 aliphatic carbocycles. The van der Waals surface area contributed by atoms with Crippen LogP contribution in [0.2, 0.25) is 0 Å². The molecule has 0 amide bonds. The molecular formula is C6H6BrLiO. The number of phenolic OH excluding ortho intramolecular Hbond substituents is 1. The number of hydrogen-bond acceptors (Lipinski definition) is 1. The van der Waals surface area contributed by atoms with Gasteiger partial charge in [-0.05, 0) is 28.1 Å². The molecule has 1 rings (SSSR count). The van der Waals surface area contributed by atoms with E-state index in [9.17, 15) is 0 Å². The fraction of sp³-hybridized carbons (Fsp3) is 0. The Labute approximate surface area is 75.9 Å². The molecule has 0 aliphatic heterocycles. The van der Waals surface area contributed by atoms with Crippen LogP contribution in [-0.2, 0) is 0 Å². The molecule has 44 valence electrons. The van der Waals surface area contributed by atoms with E-state index < -0.39 is 0 Å². The van der Waals surface area contributed by atoms with E-state index >= 15 is 0 Å². The van der Waals surface area contributed by atoms with Crippen molar-refractivity contribution >= 4 is 15.9 Å². The first-order valence-corrected chi connectivity index (χ1v) is 3.03. The maximum atomic E-state index is 8.87. The predicted octanol–water partition coefficient (Wildman–Crippen LogP) is -0.729. The van der Waals surface area contributed by atoms with Crippen LogP contribution < -0.4 is 18.9 Å². The van der Waals surface area contributed by atoms with Crippen LogP contribution in [0.5, 0.6) is 5.75 Å². The Morgan fingerprint density at radius 3 is 2.22 bits per heavy atom. The van der Waals surface area contributed by atoms with E-state index in [-0.39, 0.29) is 26.0 Å². The van der Waals surface area contributed by atoms with Crippen molar-refractivity contribution in [1.29, 1.82) is 0 Å². The molecule has 9 heavy (non-hydrogen) atoms. The van der Waals surface area contributed by atoms with Gasteiger partial charge in [-0.3, -0.25) is 0 Å². The molecule has 1 aromatic carbocycles. The summed E-state index contributed by atoms with van der Waals surface area (Å²) in [6, 6.07) is 7.04. The maximum Gasteiger partial charge on any atom is 1.00 e. The number of rotatable bonds is 0. The Hall–Kier alpha value is 0.0974. The monoisotopic (exact) mass is 180 g/mol. The van der Waals surface area contributed by atoms with Crippen molar-refractivity contribution in [2.24, 2.45) is 0 Å². The third-order valence-electron chi connectivity index (χ3n) is 0.852. The second-order valence-corrected chi connectivity index (χ2v) is 2.31. The summed E-state index contributed by atoms with van der Waals surface area (Å²) < 4.78 is 0.736. The molecule has 0 heterocycles. The van der Waals surface area contributed by atoms with Crippen molar-refractivity contribution in [1.82, 2.24) is 0 Å². The van der Waals surface area contributed by atoms with Crippen LogP contribution in [0.1, 0.15) is 1.43 Å². The zero-order valence-electron chi connectivity index (χ0n) is 6.13. The first-order chi connectivity index (χ1) is 3.80. The van der Waals surface area contributed by atoms with Crippen LogP contribution >= 0.6 is 15.9 Å². The fourth-order valence-electron chi connectivity index (χ4n) is 0.452. The van der Waals surface area contributed by atoms with Gasteiger partial charge in [-0.15, -0.1) is 0 Å². The number of halogens is 1. The van der Waals surface area contributed by atoms with Crippen LogP contribution in [0.4, 0.5) is 0 Å². The predicted molar refractivity (Wildman–Crippen MR) is 36.9 cm³/mol. The first-order valence-electron chi connectivity index (χ1n) is 2.24. The molecule has 0 fully saturated rings. The second-order valence-electron chi connectivity index (χ2n) is 1.45. The van der Waals surface area contributed by atoms with Gasteiger partial charge in [-0.1, -0.05) is 12.1 Å². The summed E-state index contributed by atoms with van der Waals surface area (Å²) >= 11 is 3.15. The van der Waals surface area contributed by atoms with Crippen molar-refractivity contribution < 1.29 is 25.4 Å². The maximum absolute atomic E-state index is 8.87. The van der Waals surface area contributed by atoms with Gasteiger partial charge in [0, 0.05) is 0 Å². The summed E-state index contributed by atoms with van der Waals surface area (Å²) in [4.78, 5) is 0. The largest absolute Gasteiger partial charge is 1.00 e. The van der Waals surface area contributed by atoms with Crippen LogP contribution in [0, 0.1) is 0 Å².